The van der Waals surface area contributed by atoms with E-state index in [1.165, 1.54) is 4.88 Å². The minimum Gasteiger partial charge on any atom is -0.340 e. The second-order valence-electron chi connectivity index (χ2n) is 5.94. The first kappa shape index (κ1) is 16.0. The van der Waals surface area contributed by atoms with E-state index in [4.69, 9.17) is 0 Å². The molecule has 1 aliphatic heterocycles. The van der Waals surface area contributed by atoms with Crippen LogP contribution >= 0.6 is 11.3 Å². The molecule has 21 heavy (non-hydrogen) atoms. The van der Waals surface area contributed by atoms with Gasteiger partial charge in [-0.15, -0.1) is 11.3 Å². The lowest BCUT2D eigenvalue weighted by atomic mass is 9.89. The van der Waals surface area contributed by atoms with Crippen molar-refractivity contribution >= 4 is 23.2 Å². The summed E-state index contributed by atoms with van der Waals surface area (Å²) in [6.45, 7) is 7.75. The average molecular weight is 308 g/mol. The van der Waals surface area contributed by atoms with Crippen LogP contribution in [0, 0.1) is 0 Å². The number of hydrogen-bond donors (Lipinski definition) is 1. The molecule has 1 fully saturated rings. The number of amides is 2. The van der Waals surface area contributed by atoms with E-state index >= 15 is 0 Å². The van der Waals surface area contributed by atoms with Crippen molar-refractivity contribution in [3.63, 3.8) is 0 Å². The maximum atomic E-state index is 12.9. The first-order valence-electron chi connectivity index (χ1n) is 7.60. The normalized spacial score (nSPS) is 27.6. The molecule has 5 heteroatoms. The van der Waals surface area contributed by atoms with Crippen LogP contribution in [0.5, 0.6) is 0 Å². The summed E-state index contributed by atoms with van der Waals surface area (Å²) >= 11 is 1.69. The van der Waals surface area contributed by atoms with Crippen molar-refractivity contribution in [3.05, 3.63) is 22.4 Å². The molecule has 2 amide bonds. The second kappa shape index (κ2) is 6.18. The fourth-order valence-corrected chi connectivity index (χ4v) is 3.74. The third kappa shape index (κ3) is 2.98. The molecule has 3 unspecified atom stereocenters. The van der Waals surface area contributed by atoms with Crippen LogP contribution in [0.3, 0.4) is 0 Å². The van der Waals surface area contributed by atoms with E-state index in [9.17, 15) is 9.59 Å². The first-order valence-corrected chi connectivity index (χ1v) is 8.48. The third-order valence-electron chi connectivity index (χ3n) is 4.39. The molecule has 0 bridgehead atoms. The van der Waals surface area contributed by atoms with Crippen molar-refractivity contribution in [2.45, 2.75) is 64.6 Å². The molecule has 1 aromatic heterocycles. The van der Waals surface area contributed by atoms with Crippen molar-refractivity contribution in [3.8, 4) is 0 Å². The first-order chi connectivity index (χ1) is 9.92. The van der Waals surface area contributed by atoms with Crippen molar-refractivity contribution in [1.82, 2.24) is 10.2 Å². The average Bonchev–Trinajstić information content (AvgIpc) is 2.95. The van der Waals surface area contributed by atoms with Gasteiger partial charge in [-0.05, 0) is 38.1 Å². The summed E-state index contributed by atoms with van der Waals surface area (Å²) in [4.78, 5) is 28.3. The Morgan fingerprint density at radius 3 is 2.67 bits per heavy atom. The van der Waals surface area contributed by atoms with Gasteiger partial charge in [0.15, 0.2) is 0 Å². The third-order valence-corrected chi connectivity index (χ3v) is 5.29. The number of nitrogens with zero attached hydrogens (tertiary/aromatic N) is 1. The van der Waals surface area contributed by atoms with Gasteiger partial charge in [-0.2, -0.15) is 0 Å². The SMILES string of the molecule is CCC1C(=O)NC(C)(CC)C(=O)N1C(C)Cc1cccs1. The van der Waals surface area contributed by atoms with E-state index in [1.54, 1.807) is 11.3 Å². The summed E-state index contributed by atoms with van der Waals surface area (Å²) in [5, 5.41) is 4.95. The van der Waals surface area contributed by atoms with Gasteiger partial charge < -0.3 is 10.2 Å². The number of hydrogen-bond acceptors (Lipinski definition) is 3. The molecule has 2 rings (SSSR count). The highest BCUT2D eigenvalue weighted by atomic mass is 32.1. The Bertz CT molecular complexity index is 514. The van der Waals surface area contributed by atoms with Gasteiger partial charge in [0.25, 0.3) is 0 Å². The highest BCUT2D eigenvalue weighted by Crippen LogP contribution is 2.26. The molecule has 0 spiro atoms. The lowest BCUT2D eigenvalue weighted by Gasteiger charge is -2.46. The monoisotopic (exact) mass is 308 g/mol. The zero-order chi connectivity index (χ0) is 15.6. The van der Waals surface area contributed by atoms with E-state index in [1.807, 2.05) is 44.0 Å². The van der Waals surface area contributed by atoms with Crippen LogP contribution < -0.4 is 5.32 Å². The standard InChI is InChI=1S/C16H24N2O2S/c1-5-13-14(19)17-16(4,6-2)15(20)18(13)11(3)10-12-8-7-9-21-12/h7-9,11,13H,5-6,10H2,1-4H3,(H,17,19). The van der Waals surface area contributed by atoms with Crippen LogP contribution in [0.4, 0.5) is 0 Å². The van der Waals surface area contributed by atoms with Crippen LogP contribution in [0.1, 0.15) is 45.4 Å². The molecule has 0 saturated carbocycles. The van der Waals surface area contributed by atoms with Crippen LogP contribution in [0.25, 0.3) is 0 Å². The quantitative estimate of drug-likeness (QED) is 0.909. The number of rotatable bonds is 5. The summed E-state index contributed by atoms with van der Waals surface area (Å²) in [6, 6.07) is 3.77. The highest BCUT2D eigenvalue weighted by molar-refractivity contribution is 7.09. The zero-order valence-corrected chi connectivity index (χ0v) is 14.0. The van der Waals surface area contributed by atoms with E-state index in [2.05, 4.69) is 11.4 Å². The van der Waals surface area contributed by atoms with Gasteiger partial charge >= 0.3 is 0 Å². The highest BCUT2D eigenvalue weighted by Gasteiger charge is 2.47. The summed E-state index contributed by atoms with van der Waals surface area (Å²) in [7, 11) is 0. The molecular weight excluding hydrogens is 284 g/mol. The molecule has 1 N–H and O–H groups in total. The predicted octanol–water partition coefficient (Wildman–Crippen LogP) is 2.58. The van der Waals surface area contributed by atoms with Gasteiger partial charge in [0, 0.05) is 17.3 Å². The summed E-state index contributed by atoms with van der Waals surface area (Å²) in [5.41, 5.74) is -0.771. The Labute approximate surface area is 130 Å². The molecule has 4 nitrogen and oxygen atoms in total. The number of piperazine rings is 1. The largest absolute Gasteiger partial charge is 0.340 e. The number of thiophene rings is 1. The van der Waals surface area contributed by atoms with Crippen LogP contribution in [0.2, 0.25) is 0 Å². The van der Waals surface area contributed by atoms with Gasteiger partial charge in [-0.3, -0.25) is 9.59 Å². The van der Waals surface area contributed by atoms with Crippen LogP contribution in [0.15, 0.2) is 17.5 Å². The number of nitrogens with one attached hydrogen (secondary N) is 1. The molecule has 0 aromatic carbocycles. The fourth-order valence-electron chi connectivity index (χ4n) is 2.91. The van der Waals surface area contributed by atoms with E-state index < -0.39 is 5.54 Å². The molecule has 1 saturated heterocycles. The molecule has 0 radical (unpaired) electrons. The Balaban J connectivity index is 2.26. The minimum atomic E-state index is -0.771. The smallest absolute Gasteiger partial charge is 0.248 e. The van der Waals surface area contributed by atoms with Gasteiger partial charge in [-0.1, -0.05) is 19.9 Å². The number of carbonyl (C=O) groups is 2. The Morgan fingerprint density at radius 1 is 1.43 bits per heavy atom. The topological polar surface area (TPSA) is 49.4 Å². The van der Waals surface area contributed by atoms with E-state index in [-0.39, 0.29) is 23.9 Å². The second-order valence-corrected chi connectivity index (χ2v) is 6.98. The zero-order valence-electron chi connectivity index (χ0n) is 13.2. The van der Waals surface area contributed by atoms with Crippen LogP contribution in [-0.4, -0.2) is 34.3 Å². The lowest BCUT2D eigenvalue weighted by molar-refractivity contribution is -0.157. The van der Waals surface area contributed by atoms with E-state index in [0.29, 0.717) is 12.8 Å². The predicted molar refractivity (Wildman–Crippen MR) is 85.2 cm³/mol. The summed E-state index contributed by atoms with van der Waals surface area (Å²) in [5.74, 6) is 0.0139. The van der Waals surface area contributed by atoms with Crippen molar-refractivity contribution in [2.75, 3.05) is 0 Å². The number of carbonyl (C=O) groups excluding carboxylic acids is 2. The molecule has 2 heterocycles. The fraction of sp³-hybridized carbons (Fsp3) is 0.625. The van der Waals surface area contributed by atoms with Crippen molar-refractivity contribution in [1.29, 1.82) is 0 Å². The van der Waals surface area contributed by atoms with E-state index in [0.717, 1.165) is 6.42 Å². The van der Waals surface area contributed by atoms with Gasteiger partial charge in [0.05, 0.1) is 0 Å². The molecule has 0 aliphatic carbocycles. The summed E-state index contributed by atoms with van der Waals surface area (Å²) < 4.78 is 0. The van der Waals surface area contributed by atoms with Crippen LogP contribution in [-0.2, 0) is 16.0 Å². The van der Waals surface area contributed by atoms with Crippen molar-refractivity contribution in [2.24, 2.45) is 0 Å². The lowest BCUT2D eigenvalue weighted by Crippen LogP contribution is -2.70. The van der Waals surface area contributed by atoms with Gasteiger partial charge in [0.1, 0.15) is 11.6 Å². The van der Waals surface area contributed by atoms with Gasteiger partial charge in [0.2, 0.25) is 11.8 Å². The Morgan fingerprint density at radius 2 is 2.14 bits per heavy atom. The van der Waals surface area contributed by atoms with Crippen molar-refractivity contribution < 1.29 is 9.59 Å². The molecule has 116 valence electrons. The maximum Gasteiger partial charge on any atom is 0.248 e. The molecular formula is C16H24N2O2S. The minimum absolute atomic E-state index is 0.0259. The Kier molecular flexibility index (Phi) is 4.71. The molecule has 1 aromatic rings. The maximum absolute atomic E-state index is 12.9. The molecule has 1 aliphatic rings. The molecule has 3 atom stereocenters. The summed E-state index contributed by atoms with van der Waals surface area (Å²) in [6.07, 6.45) is 2.05. The Hall–Kier alpha value is -1.36. The van der Waals surface area contributed by atoms with Gasteiger partial charge in [-0.25, -0.2) is 0 Å².